The summed E-state index contributed by atoms with van der Waals surface area (Å²) in [6, 6.07) is 12.8. The first-order valence-electron chi connectivity index (χ1n) is 6.90. The summed E-state index contributed by atoms with van der Waals surface area (Å²) in [5.74, 6) is 1.42. The molecule has 2 aromatic carbocycles. The number of benzene rings is 2. The maximum atomic E-state index is 7.33. The summed E-state index contributed by atoms with van der Waals surface area (Å²) < 4.78 is 2.51. The van der Waals surface area contributed by atoms with Crippen LogP contribution in [0.3, 0.4) is 0 Å². The highest BCUT2D eigenvalue weighted by Gasteiger charge is 2.08. The van der Waals surface area contributed by atoms with Crippen molar-refractivity contribution in [1.82, 2.24) is 0 Å². The molecule has 4 nitrogen and oxygen atoms in total. The summed E-state index contributed by atoms with van der Waals surface area (Å²) in [4.78, 5) is 0. The molecule has 6 N–H and O–H groups in total. The number of nitrogens with two attached hydrogens (primary N) is 2. The quantitative estimate of drug-likeness (QED) is 0.411. The third-order valence-corrected chi connectivity index (χ3v) is 6.12. The first-order valence-corrected chi connectivity index (χ1v) is 9.69. The molecule has 0 aliphatic carbocycles. The van der Waals surface area contributed by atoms with Crippen LogP contribution in [0.25, 0.3) is 20.2 Å². The van der Waals surface area contributed by atoms with E-state index >= 15 is 0 Å². The van der Waals surface area contributed by atoms with Crippen molar-refractivity contribution in [2.24, 2.45) is 11.5 Å². The van der Waals surface area contributed by atoms with E-state index in [1.165, 1.54) is 54.8 Å². The van der Waals surface area contributed by atoms with Gasteiger partial charge in [-0.1, -0.05) is 35.7 Å². The van der Waals surface area contributed by atoms with E-state index in [1.807, 2.05) is 0 Å². The second-order valence-corrected chi connectivity index (χ2v) is 8.19. The molecule has 3 aromatic rings. The largest absolute Gasteiger partial charge is 0.379 e. The average Bonchev–Trinajstić information content (AvgIpc) is 2.88. The standard InChI is InChI=1S/C16H16N4S3/c17-15(18)21-7-9-1-3-13-11(5-9)12-6-10(8-22-16(19)20)2-4-14(12)23-13/h1-6H,7-8H2,(H3,17,18)(H3,19,20). The molecule has 0 bridgehead atoms. The molecule has 0 aliphatic heterocycles. The minimum Gasteiger partial charge on any atom is -0.379 e. The fourth-order valence-electron chi connectivity index (χ4n) is 2.37. The van der Waals surface area contributed by atoms with Gasteiger partial charge in [0.15, 0.2) is 10.3 Å². The second kappa shape index (κ2) is 6.82. The summed E-state index contributed by atoms with van der Waals surface area (Å²) in [7, 11) is 0. The molecule has 1 aromatic heterocycles. The molecule has 0 spiro atoms. The van der Waals surface area contributed by atoms with Crippen LogP contribution in [0.2, 0.25) is 0 Å². The lowest BCUT2D eigenvalue weighted by Gasteiger charge is -2.02. The van der Waals surface area contributed by atoms with Gasteiger partial charge in [-0.25, -0.2) is 0 Å². The molecule has 0 unspecified atom stereocenters. The molecule has 23 heavy (non-hydrogen) atoms. The Hall–Kier alpha value is -1.70. The third kappa shape index (κ3) is 3.80. The van der Waals surface area contributed by atoms with Crippen molar-refractivity contribution in [1.29, 1.82) is 10.8 Å². The number of fused-ring (bicyclic) bond motifs is 3. The zero-order chi connectivity index (χ0) is 16.4. The summed E-state index contributed by atoms with van der Waals surface area (Å²) in [6.07, 6.45) is 0. The van der Waals surface area contributed by atoms with E-state index in [2.05, 4.69) is 36.4 Å². The molecule has 1 heterocycles. The number of amidine groups is 2. The van der Waals surface area contributed by atoms with Crippen molar-refractivity contribution in [2.45, 2.75) is 11.5 Å². The average molecular weight is 361 g/mol. The number of hydrogen-bond acceptors (Lipinski definition) is 5. The highest BCUT2D eigenvalue weighted by molar-refractivity contribution is 8.13. The number of rotatable bonds is 4. The molecule has 3 rings (SSSR count). The Morgan fingerprint density at radius 1 is 0.826 bits per heavy atom. The van der Waals surface area contributed by atoms with Crippen LogP contribution < -0.4 is 11.5 Å². The molecule has 0 atom stereocenters. The molecule has 0 amide bonds. The molecule has 7 heteroatoms. The van der Waals surface area contributed by atoms with Crippen LogP contribution in [-0.4, -0.2) is 10.3 Å². The zero-order valence-electron chi connectivity index (χ0n) is 12.3. The molecule has 0 saturated carbocycles. The summed E-state index contributed by atoms with van der Waals surface area (Å²) in [6.45, 7) is 0. The van der Waals surface area contributed by atoms with Crippen molar-refractivity contribution in [3.05, 3.63) is 47.5 Å². The molecule has 0 aliphatic rings. The maximum absolute atomic E-state index is 7.33. The van der Waals surface area contributed by atoms with Crippen LogP contribution in [0.4, 0.5) is 0 Å². The molecular formula is C16H16N4S3. The van der Waals surface area contributed by atoms with Crippen LogP contribution in [-0.2, 0) is 11.5 Å². The minimum atomic E-state index is 0.142. The molecule has 118 valence electrons. The lowest BCUT2D eigenvalue weighted by atomic mass is 10.1. The van der Waals surface area contributed by atoms with Gasteiger partial charge in [0.25, 0.3) is 0 Å². The first kappa shape index (κ1) is 16.2. The molecule has 0 radical (unpaired) electrons. The van der Waals surface area contributed by atoms with Gasteiger partial charge in [0.1, 0.15) is 0 Å². The highest BCUT2D eigenvalue weighted by atomic mass is 32.2. The van der Waals surface area contributed by atoms with Gasteiger partial charge in [0.2, 0.25) is 0 Å². The van der Waals surface area contributed by atoms with Gasteiger partial charge in [0, 0.05) is 31.7 Å². The second-order valence-electron chi connectivity index (χ2n) is 5.07. The Morgan fingerprint density at radius 3 is 1.65 bits per heavy atom. The Balaban J connectivity index is 1.98. The lowest BCUT2D eigenvalue weighted by Crippen LogP contribution is -2.03. The van der Waals surface area contributed by atoms with Gasteiger partial charge < -0.3 is 11.5 Å². The molecule has 0 fully saturated rings. The summed E-state index contributed by atoms with van der Waals surface area (Å²) in [5, 5.41) is 17.4. The predicted molar refractivity (Wildman–Crippen MR) is 106 cm³/mol. The van der Waals surface area contributed by atoms with Gasteiger partial charge in [0.05, 0.1) is 0 Å². The lowest BCUT2D eigenvalue weighted by molar-refractivity contribution is 1.44. The van der Waals surface area contributed by atoms with Gasteiger partial charge in [-0.15, -0.1) is 11.3 Å². The smallest absolute Gasteiger partial charge is 0.151 e. The van der Waals surface area contributed by atoms with E-state index in [-0.39, 0.29) is 10.3 Å². The van der Waals surface area contributed by atoms with Gasteiger partial charge in [-0.3, -0.25) is 10.8 Å². The van der Waals surface area contributed by atoms with Crippen LogP contribution in [0.1, 0.15) is 11.1 Å². The van der Waals surface area contributed by atoms with Crippen LogP contribution in [0, 0.1) is 10.8 Å². The number of nitrogens with one attached hydrogen (secondary N) is 2. The van der Waals surface area contributed by atoms with Crippen molar-refractivity contribution < 1.29 is 0 Å². The van der Waals surface area contributed by atoms with Crippen LogP contribution >= 0.6 is 34.9 Å². The normalized spacial score (nSPS) is 11.1. The Labute approximate surface area is 146 Å². The Bertz CT molecular complexity index is 829. The summed E-state index contributed by atoms with van der Waals surface area (Å²) >= 11 is 4.46. The van der Waals surface area contributed by atoms with Crippen molar-refractivity contribution in [3.8, 4) is 0 Å². The first-order chi connectivity index (χ1) is 11.0. The van der Waals surface area contributed by atoms with E-state index in [0.717, 1.165) is 0 Å². The minimum absolute atomic E-state index is 0.142. The fourth-order valence-corrected chi connectivity index (χ4v) is 4.44. The third-order valence-electron chi connectivity index (χ3n) is 3.39. The van der Waals surface area contributed by atoms with Crippen molar-refractivity contribution in [3.63, 3.8) is 0 Å². The Kier molecular flexibility index (Phi) is 4.79. The van der Waals surface area contributed by atoms with Crippen molar-refractivity contribution >= 4 is 65.4 Å². The SMILES string of the molecule is N=C(N)SCc1ccc2sc3ccc(CSC(=N)N)cc3c2c1. The van der Waals surface area contributed by atoms with E-state index in [1.54, 1.807) is 11.3 Å². The van der Waals surface area contributed by atoms with Crippen LogP contribution in [0.5, 0.6) is 0 Å². The van der Waals surface area contributed by atoms with Crippen LogP contribution in [0.15, 0.2) is 36.4 Å². The van der Waals surface area contributed by atoms with E-state index in [0.29, 0.717) is 11.5 Å². The van der Waals surface area contributed by atoms with E-state index in [4.69, 9.17) is 22.3 Å². The van der Waals surface area contributed by atoms with Gasteiger partial charge >= 0.3 is 0 Å². The maximum Gasteiger partial charge on any atom is 0.151 e. The van der Waals surface area contributed by atoms with Crippen molar-refractivity contribution in [2.75, 3.05) is 0 Å². The number of hydrogen-bond donors (Lipinski definition) is 4. The molecular weight excluding hydrogens is 344 g/mol. The summed E-state index contributed by atoms with van der Waals surface area (Å²) in [5.41, 5.74) is 13.2. The number of thioether (sulfide) groups is 2. The van der Waals surface area contributed by atoms with E-state index in [9.17, 15) is 0 Å². The fraction of sp³-hybridized carbons (Fsp3) is 0.125. The topological polar surface area (TPSA) is 99.7 Å². The Morgan fingerprint density at radius 2 is 1.26 bits per heavy atom. The van der Waals surface area contributed by atoms with Gasteiger partial charge in [-0.2, -0.15) is 0 Å². The van der Waals surface area contributed by atoms with Gasteiger partial charge in [-0.05, 0) is 35.4 Å². The number of thiophene rings is 1. The monoisotopic (exact) mass is 360 g/mol. The predicted octanol–water partition coefficient (Wildman–Crippen LogP) is 4.31. The molecule has 0 saturated heterocycles. The highest BCUT2D eigenvalue weighted by Crippen LogP contribution is 2.36. The zero-order valence-corrected chi connectivity index (χ0v) is 14.7. The van der Waals surface area contributed by atoms with E-state index < -0.39 is 0 Å².